The van der Waals surface area contributed by atoms with Gasteiger partial charge in [0, 0.05) is 12.2 Å². The smallest absolute Gasteiger partial charge is 0.275 e. The lowest BCUT2D eigenvalue weighted by atomic mass is 10.2. The fourth-order valence-electron chi connectivity index (χ4n) is 2.67. The molecule has 1 heterocycles. The predicted molar refractivity (Wildman–Crippen MR) is 116 cm³/mol. The van der Waals surface area contributed by atoms with Crippen LogP contribution in [0.25, 0.3) is 0 Å². The largest absolute Gasteiger partial charge is 0.368 e. The van der Waals surface area contributed by atoms with Crippen molar-refractivity contribution in [1.82, 2.24) is 15.4 Å². The first-order valence-electron chi connectivity index (χ1n) is 9.00. The van der Waals surface area contributed by atoms with E-state index in [9.17, 15) is 18.0 Å². The van der Waals surface area contributed by atoms with Crippen molar-refractivity contribution in [3.63, 3.8) is 0 Å². The molecule has 0 spiro atoms. The van der Waals surface area contributed by atoms with Crippen molar-refractivity contribution in [1.29, 1.82) is 5.41 Å². The minimum Gasteiger partial charge on any atom is -0.368 e. The van der Waals surface area contributed by atoms with Crippen LogP contribution in [-0.4, -0.2) is 38.0 Å². The lowest BCUT2D eigenvalue weighted by Crippen LogP contribution is -2.37. The second-order valence-electron chi connectivity index (χ2n) is 6.49. The van der Waals surface area contributed by atoms with Crippen molar-refractivity contribution in [2.45, 2.75) is 25.3 Å². The summed E-state index contributed by atoms with van der Waals surface area (Å²) in [6, 6.07) is 7.50. The Labute approximate surface area is 184 Å². The second kappa shape index (κ2) is 10.3. The molecule has 1 amide bonds. The zero-order valence-corrected chi connectivity index (χ0v) is 18.4. The molecule has 168 valence electrons. The molecule has 2 rings (SSSR count). The Hall–Kier alpha value is -3.09. The molecular formula is C18H23ClN6O5S. The van der Waals surface area contributed by atoms with Crippen LogP contribution in [0.1, 0.15) is 11.3 Å². The fourth-order valence-corrected chi connectivity index (χ4v) is 4.56. The number of rotatable bonds is 9. The number of nitrogens with zero attached hydrogens (tertiary/aromatic N) is 1. The summed E-state index contributed by atoms with van der Waals surface area (Å²) in [6.45, 7) is 3.02. The molecule has 0 radical (unpaired) electrons. The Bertz CT molecular complexity index is 1130. The van der Waals surface area contributed by atoms with Crippen molar-refractivity contribution in [3.8, 4) is 0 Å². The number of nitrogens with one attached hydrogen (secondary N) is 4. The number of amides is 1. The maximum absolute atomic E-state index is 12.8. The van der Waals surface area contributed by atoms with Crippen LogP contribution in [0.3, 0.4) is 0 Å². The number of aryl methyl sites for hydroxylation is 2. The number of hydroxylamine groups is 1. The molecule has 0 saturated carbocycles. The zero-order valence-electron chi connectivity index (χ0n) is 16.9. The fraction of sp³-hybridized carbons (Fsp3) is 0.278. The molecule has 0 unspecified atom stereocenters. The maximum Gasteiger partial charge on any atom is 0.275 e. The van der Waals surface area contributed by atoms with Gasteiger partial charge in [-0.15, -0.1) is 0 Å². The van der Waals surface area contributed by atoms with E-state index >= 15 is 0 Å². The maximum atomic E-state index is 12.8. The molecule has 11 nitrogen and oxygen atoms in total. The number of anilines is 1. The average molecular weight is 471 g/mol. The Morgan fingerprint density at radius 3 is 2.61 bits per heavy atom. The number of carbonyl (C=O) groups is 1. The summed E-state index contributed by atoms with van der Waals surface area (Å²) in [5, 5.41) is 9.50. The molecule has 0 aliphatic heterocycles. The Kier molecular flexibility index (Phi) is 8.02. The molecule has 0 aliphatic rings. The first-order chi connectivity index (χ1) is 14.5. The Morgan fingerprint density at radius 1 is 1.26 bits per heavy atom. The number of aromatic nitrogens is 1. The van der Waals surface area contributed by atoms with Crippen LogP contribution in [0.2, 0.25) is 5.02 Å². The number of nitrogens with two attached hydrogens (primary N) is 1. The predicted octanol–water partition coefficient (Wildman–Crippen LogP) is 0.450. The van der Waals surface area contributed by atoms with Crippen molar-refractivity contribution >= 4 is 39.2 Å². The van der Waals surface area contributed by atoms with Crippen LogP contribution < -0.4 is 26.8 Å². The lowest BCUT2D eigenvalue weighted by Gasteiger charge is -2.15. The molecule has 0 bridgehead atoms. The van der Waals surface area contributed by atoms with Crippen LogP contribution in [0.4, 0.5) is 5.69 Å². The average Bonchev–Trinajstić information content (AvgIpc) is 2.66. The first-order valence-corrected chi connectivity index (χ1v) is 10.9. The highest BCUT2D eigenvalue weighted by atomic mass is 35.5. The van der Waals surface area contributed by atoms with Gasteiger partial charge in [0.05, 0.1) is 11.6 Å². The van der Waals surface area contributed by atoms with E-state index in [1.165, 1.54) is 18.2 Å². The summed E-state index contributed by atoms with van der Waals surface area (Å²) in [7, 11) is -4.13. The number of sulfonamides is 1. The van der Waals surface area contributed by atoms with Crippen molar-refractivity contribution < 1.29 is 18.0 Å². The SMILES string of the molecule is Cc1cccc(Cl)c1S(=O)(=O)Nc1ccc(C)n(CC(=O)NCCONC(=N)N)c1=O. The van der Waals surface area contributed by atoms with E-state index in [-0.39, 0.29) is 41.3 Å². The van der Waals surface area contributed by atoms with Gasteiger partial charge >= 0.3 is 0 Å². The second-order valence-corrected chi connectivity index (χ2v) is 8.51. The monoisotopic (exact) mass is 470 g/mol. The number of carbonyl (C=O) groups excluding carboxylic acids is 1. The van der Waals surface area contributed by atoms with E-state index in [0.717, 1.165) is 4.57 Å². The number of guanidine groups is 1. The van der Waals surface area contributed by atoms with Gasteiger partial charge in [0.2, 0.25) is 11.9 Å². The van der Waals surface area contributed by atoms with Crippen LogP contribution in [0, 0.1) is 19.3 Å². The van der Waals surface area contributed by atoms with E-state index in [1.54, 1.807) is 26.0 Å². The highest BCUT2D eigenvalue weighted by Gasteiger charge is 2.22. The van der Waals surface area contributed by atoms with Crippen molar-refractivity contribution in [2.24, 2.45) is 5.73 Å². The van der Waals surface area contributed by atoms with Gasteiger partial charge in [0.1, 0.15) is 17.1 Å². The quantitative estimate of drug-likeness (QED) is 0.153. The molecule has 31 heavy (non-hydrogen) atoms. The number of pyridine rings is 1. The molecule has 0 saturated heterocycles. The molecule has 0 atom stereocenters. The van der Waals surface area contributed by atoms with Gasteiger partial charge in [-0.05, 0) is 37.6 Å². The molecule has 13 heteroatoms. The topological polar surface area (TPSA) is 168 Å². The summed E-state index contributed by atoms with van der Waals surface area (Å²) >= 11 is 6.04. The molecule has 1 aromatic heterocycles. The molecular weight excluding hydrogens is 448 g/mol. The minimum atomic E-state index is -4.13. The van der Waals surface area contributed by atoms with E-state index < -0.39 is 21.5 Å². The van der Waals surface area contributed by atoms with Gasteiger partial charge in [-0.1, -0.05) is 23.7 Å². The van der Waals surface area contributed by atoms with Crippen LogP contribution in [0.5, 0.6) is 0 Å². The van der Waals surface area contributed by atoms with E-state index in [1.807, 2.05) is 0 Å². The van der Waals surface area contributed by atoms with Crippen LogP contribution in [-0.2, 0) is 26.2 Å². The molecule has 1 aromatic carbocycles. The summed E-state index contributed by atoms with van der Waals surface area (Å²) in [4.78, 5) is 29.6. The number of halogens is 1. The molecule has 6 N–H and O–H groups in total. The standard InChI is InChI=1S/C18H23ClN6O5S/c1-11-4-3-5-13(19)16(11)31(28,29)24-14-7-6-12(2)25(17(14)27)10-15(26)22-8-9-30-23-18(20)21/h3-7,24H,8-10H2,1-2H3,(H,22,26)(H4,20,21,23). The van der Waals surface area contributed by atoms with E-state index in [0.29, 0.717) is 11.3 Å². The third-order valence-electron chi connectivity index (χ3n) is 4.08. The third kappa shape index (κ3) is 6.44. The van der Waals surface area contributed by atoms with Gasteiger partial charge in [-0.3, -0.25) is 24.6 Å². The highest BCUT2D eigenvalue weighted by molar-refractivity contribution is 7.92. The van der Waals surface area contributed by atoms with Gasteiger partial charge in [-0.25, -0.2) is 13.9 Å². The van der Waals surface area contributed by atoms with Crippen molar-refractivity contribution in [2.75, 3.05) is 17.9 Å². The van der Waals surface area contributed by atoms with E-state index in [4.69, 9.17) is 27.6 Å². The van der Waals surface area contributed by atoms with Gasteiger partial charge in [-0.2, -0.15) is 0 Å². The summed E-state index contributed by atoms with van der Waals surface area (Å²) in [6.07, 6.45) is 0. The number of hydrogen-bond acceptors (Lipinski definition) is 6. The van der Waals surface area contributed by atoms with Crippen molar-refractivity contribution in [3.05, 3.63) is 57.0 Å². The highest BCUT2D eigenvalue weighted by Crippen LogP contribution is 2.26. The molecule has 0 fully saturated rings. The lowest BCUT2D eigenvalue weighted by molar-refractivity contribution is -0.122. The third-order valence-corrected chi connectivity index (χ3v) is 6.07. The zero-order chi connectivity index (χ0) is 23.2. The van der Waals surface area contributed by atoms with Gasteiger partial charge in [0.25, 0.3) is 15.6 Å². The number of benzene rings is 1. The van der Waals surface area contributed by atoms with Gasteiger partial charge < -0.3 is 15.6 Å². The Balaban J connectivity index is 2.16. The molecule has 0 aliphatic carbocycles. The van der Waals surface area contributed by atoms with E-state index in [2.05, 4.69) is 15.5 Å². The first kappa shape index (κ1) is 24.2. The Morgan fingerprint density at radius 2 is 1.97 bits per heavy atom. The molecule has 2 aromatic rings. The van der Waals surface area contributed by atoms with Crippen LogP contribution >= 0.6 is 11.6 Å². The summed E-state index contributed by atoms with van der Waals surface area (Å²) < 4.78 is 29.0. The van der Waals surface area contributed by atoms with Crippen LogP contribution in [0.15, 0.2) is 40.0 Å². The van der Waals surface area contributed by atoms with Gasteiger partial charge in [0.15, 0.2) is 0 Å². The summed E-state index contributed by atoms with van der Waals surface area (Å²) in [5.74, 6) is -0.863. The number of hydrogen-bond donors (Lipinski definition) is 5. The summed E-state index contributed by atoms with van der Waals surface area (Å²) in [5.41, 5.74) is 7.16. The normalized spacial score (nSPS) is 11.1. The minimum absolute atomic E-state index is 0.0285.